The monoisotopic (exact) mass is 287 g/mol. The zero-order valence-corrected chi connectivity index (χ0v) is 11.4. The number of rotatable bonds is 6. The van der Waals surface area contributed by atoms with Crippen LogP contribution in [0.5, 0.6) is 0 Å². The van der Waals surface area contributed by atoms with Crippen LogP contribution in [-0.2, 0) is 7.05 Å². The molecule has 0 aliphatic heterocycles. The van der Waals surface area contributed by atoms with E-state index in [2.05, 4.69) is 33.3 Å². The molecule has 1 N–H and O–H groups in total. The lowest BCUT2D eigenvalue weighted by Crippen LogP contribution is -2.21. The van der Waals surface area contributed by atoms with Crippen molar-refractivity contribution >= 4 is 21.6 Å². The van der Waals surface area contributed by atoms with E-state index in [0.29, 0.717) is 4.47 Å². The molecule has 90 valence electrons. The molecule has 0 radical (unpaired) electrons. The fraction of sp³-hybridized carbons (Fsp3) is 0.636. The highest BCUT2D eigenvalue weighted by molar-refractivity contribution is 9.10. The molecule has 0 unspecified atom stereocenters. The van der Waals surface area contributed by atoms with Gasteiger partial charge in [0.15, 0.2) is 0 Å². The summed E-state index contributed by atoms with van der Waals surface area (Å²) >= 11 is 3.28. The van der Waals surface area contributed by atoms with Crippen LogP contribution >= 0.6 is 15.9 Å². The summed E-state index contributed by atoms with van der Waals surface area (Å²) in [6, 6.07) is 0. The Morgan fingerprint density at radius 3 is 2.88 bits per heavy atom. The second-order valence-electron chi connectivity index (χ2n) is 3.79. The molecule has 1 rings (SSSR count). The van der Waals surface area contributed by atoms with Gasteiger partial charge < -0.3 is 5.32 Å². The summed E-state index contributed by atoms with van der Waals surface area (Å²) in [7, 11) is 1.64. The van der Waals surface area contributed by atoms with Gasteiger partial charge in [0, 0.05) is 13.6 Å². The molecule has 5 heteroatoms. The Balaban J connectivity index is 2.49. The zero-order valence-electron chi connectivity index (χ0n) is 9.79. The zero-order chi connectivity index (χ0) is 12.0. The molecule has 0 aliphatic rings. The van der Waals surface area contributed by atoms with E-state index in [-0.39, 0.29) is 5.56 Å². The maximum atomic E-state index is 11.5. The van der Waals surface area contributed by atoms with E-state index in [1.807, 2.05) is 0 Å². The van der Waals surface area contributed by atoms with Gasteiger partial charge in [-0.1, -0.05) is 26.2 Å². The summed E-state index contributed by atoms with van der Waals surface area (Å²) in [6.45, 7) is 3.07. The molecule has 1 aromatic heterocycles. The number of aryl methyl sites for hydroxylation is 1. The van der Waals surface area contributed by atoms with Gasteiger partial charge in [0.2, 0.25) is 0 Å². The Labute approximate surface area is 104 Å². The highest BCUT2D eigenvalue weighted by Crippen LogP contribution is 2.15. The van der Waals surface area contributed by atoms with Crippen molar-refractivity contribution in [2.75, 3.05) is 11.9 Å². The highest BCUT2D eigenvalue weighted by Gasteiger charge is 2.05. The van der Waals surface area contributed by atoms with Crippen molar-refractivity contribution in [1.29, 1.82) is 0 Å². The normalized spacial score (nSPS) is 10.4. The summed E-state index contributed by atoms with van der Waals surface area (Å²) < 4.78 is 1.87. The van der Waals surface area contributed by atoms with Crippen LogP contribution in [0, 0.1) is 0 Å². The molecule has 1 heterocycles. The molecule has 0 saturated heterocycles. The van der Waals surface area contributed by atoms with E-state index < -0.39 is 0 Å². The van der Waals surface area contributed by atoms with Gasteiger partial charge in [0.05, 0.1) is 11.9 Å². The van der Waals surface area contributed by atoms with E-state index in [4.69, 9.17) is 0 Å². The van der Waals surface area contributed by atoms with Gasteiger partial charge in [-0.2, -0.15) is 5.10 Å². The van der Waals surface area contributed by atoms with Crippen LogP contribution < -0.4 is 10.9 Å². The van der Waals surface area contributed by atoms with Gasteiger partial charge in [-0.3, -0.25) is 4.79 Å². The van der Waals surface area contributed by atoms with Gasteiger partial charge >= 0.3 is 0 Å². The SMILES string of the molecule is CCCCCCNc1cnn(C)c(=O)c1Br. The predicted octanol–water partition coefficient (Wildman–Crippen LogP) is 2.54. The Morgan fingerprint density at radius 2 is 2.19 bits per heavy atom. The fourth-order valence-corrected chi connectivity index (χ4v) is 1.91. The molecule has 1 aromatic rings. The van der Waals surface area contributed by atoms with Gasteiger partial charge in [0.25, 0.3) is 5.56 Å². The molecular weight excluding hydrogens is 270 g/mol. The van der Waals surface area contributed by atoms with Crippen molar-refractivity contribution in [2.24, 2.45) is 7.05 Å². The van der Waals surface area contributed by atoms with Gasteiger partial charge in [-0.05, 0) is 22.4 Å². The third-order valence-corrected chi connectivity index (χ3v) is 3.19. The Kier molecular flexibility index (Phi) is 5.52. The van der Waals surface area contributed by atoms with Crippen LogP contribution in [-0.4, -0.2) is 16.3 Å². The van der Waals surface area contributed by atoms with Crippen LogP contribution in [0.4, 0.5) is 5.69 Å². The van der Waals surface area contributed by atoms with Crippen LogP contribution in [0.15, 0.2) is 15.5 Å². The number of anilines is 1. The number of hydrogen-bond acceptors (Lipinski definition) is 3. The van der Waals surface area contributed by atoms with E-state index >= 15 is 0 Å². The lowest BCUT2D eigenvalue weighted by Gasteiger charge is -2.08. The minimum absolute atomic E-state index is 0.112. The molecule has 0 amide bonds. The van der Waals surface area contributed by atoms with Crippen molar-refractivity contribution in [3.63, 3.8) is 0 Å². The van der Waals surface area contributed by atoms with Crippen molar-refractivity contribution < 1.29 is 0 Å². The standard InChI is InChI=1S/C11H18BrN3O/c1-3-4-5-6-7-13-9-8-14-15(2)11(16)10(9)12/h8,13H,3-7H2,1-2H3. The van der Waals surface area contributed by atoms with Crippen LogP contribution in [0.25, 0.3) is 0 Å². The highest BCUT2D eigenvalue weighted by atomic mass is 79.9. The number of hydrogen-bond donors (Lipinski definition) is 1. The fourth-order valence-electron chi connectivity index (χ4n) is 1.41. The minimum Gasteiger partial charge on any atom is -0.383 e. The molecular formula is C11H18BrN3O. The average Bonchev–Trinajstić information content (AvgIpc) is 2.28. The van der Waals surface area contributed by atoms with Crippen LogP contribution in [0.1, 0.15) is 32.6 Å². The van der Waals surface area contributed by atoms with E-state index in [1.54, 1.807) is 13.2 Å². The summed E-state index contributed by atoms with van der Waals surface area (Å²) in [4.78, 5) is 11.5. The smallest absolute Gasteiger partial charge is 0.282 e. The molecule has 0 aromatic carbocycles. The Bertz CT molecular complexity index is 389. The Hall–Kier alpha value is -0.840. The quantitative estimate of drug-likeness (QED) is 0.818. The van der Waals surface area contributed by atoms with Crippen LogP contribution in [0.2, 0.25) is 0 Å². The molecule has 0 bridgehead atoms. The molecule has 16 heavy (non-hydrogen) atoms. The number of nitrogens with zero attached hydrogens (tertiary/aromatic N) is 2. The van der Waals surface area contributed by atoms with Crippen molar-refractivity contribution in [3.05, 3.63) is 21.0 Å². The summed E-state index contributed by atoms with van der Waals surface area (Å²) in [5, 5.41) is 7.18. The molecule has 0 saturated carbocycles. The number of halogens is 1. The van der Waals surface area contributed by atoms with E-state index in [1.165, 1.54) is 23.9 Å². The molecule has 4 nitrogen and oxygen atoms in total. The third kappa shape index (κ3) is 3.63. The first-order chi connectivity index (χ1) is 7.66. The maximum absolute atomic E-state index is 11.5. The second-order valence-corrected chi connectivity index (χ2v) is 4.58. The summed E-state index contributed by atoms with van der Waals surface area (Å²) in [5.74, 6) is 0. The lowest BCUT2D eigenvalue weighted by molar-refractivity contribution is 0.681. The first-order valence-electron chi connectivity index (χ1n) is 5.62. The van der Waals surface area contributed by atoms with E-state index in [9.17, 15) is 4.79 Å². The van der Waals surface area contributed by atoms with Crippen molar-refractivity contribution in [1.82, 2.24) is 9.78 Å². The van der Waals surface area contributed by atoms with Crippen molar-refractivity contribution in [2.45, 2.75) is 32.6 Å². The summed E-state index contributed by atoms with van der Waals surface area (Å²) in [5.41, 5.74) is 0.665. The predicted molar refractivity (Wildman–Crippen MR) is 69.8 cm³/mol. The summed E-state index contributed by atoms with van der Waals surface area (Å²) in [6.07, 6.45) is 6.51. The topological polar surface area (TPSA) is 46.9 Å². The number of unbranched alkanes of at least 4 members (excludes halogenated alkanes) is 3. The average molecular weight is 288 g/mol. The lowest BCUT2D eigenvalue weighted by atomic mass is 10.2. The third-order valence-electron chi connectivity index (χ3n) is 2.42. The van der Waals surface area contributed by atoms with Gasteiger partial charge in [0.1, 0.15) is 4.47 Å². The first-order valence-corrected chi connectivity index (χ1v) is 6.41. The van der Waals surface area contributed by atoms with Gasteiger partial charge in [-0.15, -0.1) is 0 Å². The molecule has 0 atom stereocenters. The van der Waals surface area contributed by atoms with Gasteiger partial charge in [-0.25, -0.2) is 4.68 Å². The first kappa shape index (κ1) is 13.2. The molecule has 0 aliphatic carbocycles. The number of nitrogens with one attached hydrogen (secondary N) is 1. The van der Waals surface area contributed by atoms with Crippen LogP contribution in [0.3, 0.4) is 0 Å². The largest absolute Gasteiger partial charge is 0.383 e. The Morgan fingerprint density at radius 1 is 1.44 bits per heavy atom. The second kappa shape index (κ2) is 6.68. The minimum atomic E-state index is -0.112. The molecule has 0 fully saturated rings. The molecule has 0 spiro atoms. The van der Waals surface area contributed by atoms with Crippen molar-refractivity contribution in [3.8, 4) is 0 Å². The maximum Gasteiger partial charge on any atom is 0.282 e. The number of aromatic nitrogens is 2. The van der Waals surface area contributed by atoms with E-state index in [0.717, 1.165) is 18.7 Å².